The highest BCUT2D eigenvalue weighted by Crippen LogP contribution is 2.30. The topological polar surface area (TPSA) is 12.0 Å². The van der Waals surface area contributed by atoms with Crippen LogP contribution in [0.4, 0.5) is 5.69 Å². The van der Waals surface area contributed by atoms with Gasteiger partial charge in [-0.25, -0.2) is 0 Å². The molecule has 1 aliphatic carbocycles. The molecule has 0 bridgehead atoms. The lowest BCUT2D eigenvalue weighted by atomic mass is 9.90. The minimum Gasteiger partial charge on any atom is -0.381 e. The molecule has 2 aromatic carbocycles. The Morgan fingerprint density at radius 1 is 0.950 bits per heavy atom. The van der Waals surface area contributed by atoms with Crippen molar-refractivity contribution in [2.75, 3.05) is 5.32 Å². The summed E-state index contributed by atoms with van der Waals surface area (Å²) >= 11 is 12.3. The quantitative estimate of drug-likeness (QED) is 0.791. The van der Waals surface area contributed by atoms with Gasteiger partial charge in [0.1, 0.15) is 0 Å². The number of anilines is 1. The number of rotatable bonds is 3. The van der Waals surface area contributed by atoms with Gasteiger partial charge in [0.2, 0.25) is 0 Å². The molecule has 0 aromatic heterocycles. The van der Waals surface area contributed by atoms with E-state index in [1.54, 1.807) is 0 Å². The third-order valence-electron chi connectivity index (χ3n) is 3.90. The first-order chi connectivity index (χ1) is 9.75. The van der Waals surface area contributed by atoms with Crippen molar-refractivity contribution in [3.63, 3.8) is 0 Å². The average Bonchev–Trinajstić information content (AvgIpc) is 2.49. The van der Waals surface area contributed by atoms with E-state index in [0.717, 1.165) is 5.56 Å². The third kappa shape index (κ3) is 2.79. The van der Waals surface area contributed by atoms with Crippen LogP contribution < -0.4 is 5.32 Å². The van der Waals surface area contributed by atoms with Gasteiger partial charge in [0.15, 0.2) is 0 Å². The number of halogens is 2. The predicted molar refractivity (Wildman–Crippen MR) is 86.9 cm³/mol. The molecule has 0 unspecified atom stereocenters. The maximum atomic E-state index is 6.23. The molecule has 2 aromatic rings. The fourth-order valence-corrected chi connectivity index (χ4v) is 3.21. The molecule has 1 N–H and O–H groups in total. The van der Waals surface area contributed by atoms with Gasteiger partial charge in [0.05, 0.1) is 10.0 Å². The molecule has 0 amide bonds. The fraction of sp³-hybridized carbons (Fsp3) is 0.294. The summed E-state index contributed by atoms with van der Waals surface area (Å²) in [4.78, 5) is 0. The Morgan fingerprint density at radius 2 is 1.75 bits per heavy atom. The van der Waals surface area contributed by atoms with Crippen LogP contribution in [0.1, 0.15) is 29.5 Å². The van der Waals surface area contributed by atoms with E-state index in [4.69, 9.17) is 23.2 Å². The summed E-state index contributed by atoms with van der Waals surface area (Å²) in [6.07, 6.45) is 4.95. The van der Waals surface area contributed by atoms with Crippen LogP contribution in [0.25, 0.3) is 0 Å². The molecule has 20 heavy (non-hydrogen) atoms. The zero-order valence-electron chi connectivity index (χ0n) is 11.3. The van der Waals surface area contributed by atoms with Crippen LogP contribution in [0.2, 0.25) is 10.0 Å². The van der Waals surface area contributed by atoms with E-state index in [1.165, 1.54) is 42.5 Å². The van der Waals surface area contributed by atoms with E-state index in [9.17, 15) is 0 Å². The summed E-state index contributed by atoms with van der Waals surface area (Å²) < 4.78 is 0. The first-order valence-corrected chi connectivity index (χ1v) is 7.79. The van der Waals surface area contributed by atoms with E-state index >= 15 is 0 Å². The van der Waals surface area contributed by atoms with E-state index in [2.05, 4.69) is 23.5 Å². The second-order valence-corrected chi connectivity index (χ2v) is 6.00. The van der Waals surface area contributed by atoms with Gasteiger partial charge in [0.25, 0.3) is 0 Å². The van der Waals surface area contributed by atoms with Gasteiger partial charge in [-0.3, -0.25) is 0 Å². The van der Waals surface area contributed by atoms with Gasteiger partial charge in [0, 0.05) is 12.2 Å². The monoisotopic (exact) mass is 305 g/mol. The maximum Gasteiger partial charge on any atom is 0.0642 e. The van der Waals surface area contributed by atoms with Crippen molar-refractivity contribution in [3.8, 4) is 0 Å². The van der Waals surface area contributed by atoms with Gasteiger partial charge in [-0.1, -0.05) is 47.5 Å². The van der Waals surface area contributed by atoms with E-state index in [0.29, 0.717) is 16.6 Å². The normalized spacial score (nSPS) is 13.9. The fourth-order valence-electron chi connectivity index (χ4n) is 2.82. The van der Waals surface area contributed by atoms with Crippen LogP contribution >= 0.6 is 23.2 Å². The van der Waals surface area contributed by atoms with Gasteiger partial charge < -0.3 is 5.32 Å². The van der Waals surface area contributed by atoms with Gasteiger partial charge in [-0.15, -0.1) is 0 Å². The molecular formula is C17H17Cl2N. The van der Waals surface area contributed by atoms with E-state index < -0.39 is 0 Å². The zero-order chi connectivity index (χ0) is 13.9. The average molecular weight is 306 g/mol. The van der Waals surface area contributed by atoms with Crippen molar-refractivity contribution in [1.29, 1.82) is 0 Å². The number of nitrogens with one attached hydrogen (secondary N) is 1. The van der Waals surface area contributed by atoms with Crippen LogP contribution in [-0.4, -0.2) is 0 Å². The minimum absolute atomic E-state index is 0.612. The number of benzene rings is 2. The molecule has 0 spiro atoms. The van der Waals surface area contributed by atoms with Crippen LogP contribution in [0.3, 0.4) is 0 Å². The lowest BCUT2D eigenvalue weighted by Gasteiger charge is -2.20. The summed E-state index contributed by atoms with van der Waals surface area (Å²) in [6, 6.07) is 12.3. The van der Waals surface area contributed by atoms with E-state index in [1.807, 2.05) is 18.2 Å². The standard InChI is InChI=1S/C17H17Cl2N/c18-15-9-3-7-13(17(15)19)11-20-16-10-4-6-12-5-1-2-8-14(12)16/h3-4,6-7,9-10,20H,1-2,5,8,11H2. The molecule has 0 atom stereocenters. The Morgan fingerprint density at radius 3 is 2.65 bits per heavy atom. The molecule has 1 nitrogen and oxygen atoms in total. The molecule has 104 valence electrons. The van der Waals surface area contributed by atoms with Crippen LogP contribution in [-0.2, 0) is 19.4 Å². The largest absolute Gasteiger partial charge is 0.381 e. The van der Waals surface area contributed by atoms with Crippen molar-refractivity contribution < 1.29 is 0 Å². The Balaban J connectivity index is 1.80. The molecule has 0 heterocycles. The summed E-state index contributed by atoms with van der Waals surface area (Å²) in [6.45, 7) is 0.704. The van der Waals surface area contributed by atoms with Crippen LogP contribution in [0, 0.1) is 0 Å². The van der Waals surface area contributed by atoms with Crippen molar-refractivity contribution in [2.24, 2.45) is 0 Å². The Labute approximate surface area is 129 Å². The zero-order valence-corrected chi connectivity index (χ0v) is 12.8. The molecule has 1 aliphatic rings. The van der Waals surface area contributed by atoms with Crippen molar-refractivity contribution in [3.05, 3.63) is 63.1 Å². The van der Waals surface area contributed by atoms with Gasteiger partial charge in [-0.2, -0.15) is 0 Å². The van der Waals surface area contributed by atoms with Gasteiger partial charge >= 0.3 is 0 Å². The highest BCUT2D eigenvalue weighted by Gasteiger charge is 2.13. The highest BCUT2D eigenvalue weighted by atomic mass is 35.5. The molecule has 0 fully saturated rings. The lowest BCUT2D eigenvalue weighted by molar-refractivity contribution is 0.686. The molecule has 0 aliphatic heterocycles. The Hall–Kier alpha value is -1.18. The summed E-state index contributed by atoms with van der Waals surface area (Å²) in [7, 11) is 0. The van der Waals surface area contributed by atoms with Crippen molar-refractivity contribution in [2.45, 2.75) is 32.2 Å². The summed E-state index contributed by atoms with van der Waals surface area (Å²) in [5.74, 6) is 0. The summed E-state index contributed by atoms with van der Waals surface area (Å²) in [5, 5.41) is 4.77. The Kier molecular flexibility index (Phi) is 4.18. The molecule has 3 rings (SSSR count). The first-order valence-electron chi connectivity index (χ1n) is 7.03. The Bertz CT molecular complexity index is 622. The molecular weight excluding hydrogens is 289 g/mol. The smallest absolute Gasteiger partial charge is 0.0642 e. The van der Waals surface area contributed by atoms with Gasteiger partial charge in [-0.05, 0) is 54.5 Å². The number of aryl methyl sites for hydroxylation is 1. The van der Waals surface area contributed by atoms with E-state index in [-0.39, 0.29) is 0 Å². The first kappa shape index (κ1) is 13.8. The summed E-state index contributed by atoms with van der Waals surface area (Å²) in [5.41, 5.74) is 5.22. The number of hydrogen-bond donors (Lipinski definition) is 1. The minimum atomic E-state index is 0.612. The second-order valence-electron chi connectivity index (χ2n) is 5.22. The van der Waals surface area contributed by atoms with Crippen molar-refractivity contribution in [1.82, 2.24) is 0 Å². The predicted octanol–water partition coefficient (Wildman–Crippen LogP) is 5.48. The molecule has 0 saturated carbocycles. The molecule has 0 radical (unpaired) electrons. The lowest BCUT2D eigenvalue weighted by Crippen LogP contribution is -2.08. The second kappa shape index (κ2) is 6.07. The van der Waals surface area contributed by atoms with Crippen LogP contribution in [0.15, 0.2) is 36.4 Å². The number of hydrogen-bond acceptors (Lipinski definition) is 1. The number of fused-ring (bicyclic) bond motifs is 1. The SMILES string of the molecule is Clc1cccc(CNc2cccc3c2CCCC3)c1Cl. The van der Waals surface area contributed by atoms with Crippen LogP contribution in [0.5, 0.6) is 0 Å². The highest BCUT2D eigenvalue weighted by molar-refractivity contribution is 6.42. The maximum absolute atomic E-state index is 6.23. The third-order valence-corrected chi connectivity index (χ3v) is 4.75. The molecule has 0 saturated heterocycles. The van der Waals surface area contributed by atoms with Crippen molar-refractivity contribution >= 4 is 28.9 Å². The molecule has 3 heteroatoms.